The van der Waals surface area contributed by atoms with Crippen molar-refractivity contribution in [3.63, 3.8) is 0 Å². The molecule has 1 unspecified atom stereocenters. The summed E-state index contributed by atoms with van der Waals surface area (Å²) >= 11 is 0. The number of hydrogen-bond acceptors (Lipinski definition) is 3. The van der Waals surface area contributed by atoms with Crippen molar-refractivity contribution in [3.05, 3.63) is 59.7 Å². The molecule has 3 amide bonds. The summed E-state index contributed by atoms with van der Waals surface area (Å²) in [5, 5.41) is 5.80. The second kappa shape index (κ2) is 8.22. The van der Waals surface area contributed by atoms with Crippen molar-refractivity contribution in [3.8, 4) is 0 Å². The summed E-state index contributed by atoms with van der Waals surface area (Å²) < 4.78 is 0. The normalized spacial score (nSPS) is 14.4. The molecule has 0 radical (unpaired) electrons. The van der Waals surface area contributed by atoms with Gasteiger partial charge in [0.15, 0.2) is 0 Å². The zero-order valence-electron chi connectivity index (χ0n) is 16.0. The van der Waals surface area contributed by atoms with Gasteiger partial charge in [-0.15, -0.1) is 0 Å². The molecule has 2 aromatic rings. The van der Waals surface area contributed by atoms with Gasteiger partial charge in [0, 0.05) is 24.5 Å². The summed E-state index contributed by atoms with van der Waals surface area (Å²) in [5.74, 6) is -0.0660. The van der Waals surface area contributed by atoms with Crippen molar-refractivity contribution in [2.24, 2.45) is 0 Å². The number of likely N-dealkylation sites (N-methyl/N-ethyl adjacent to an activating group) is 1. The fraction of sp³-hybridized carbons (Fsp3) is 0.333. The van der Waals surface area contributed by atoms with Crippen LogP contribution in [0.25, 0.3) is 0 Å². The van der Waals surface area contributed by atoms with E-state index in [2.05, 4.69) is 22.8 Å². The molecule has 1 atom stereocenters. The summed E-state index contributed by atoms with van der Waals surface area (Å²) in [7, 11) is 3.73. The van der Waals surface area contributed by atoms with Gasteiger partial charge in [-0.05, 0) is 62.8 Å². The van der Waals surface area contributed by atoms with Crippen LogP contribution < -0.4 is 10.6 Å². The van der Waals surface area contributed by atoms with Gasteiger partial charge in [-0.2, -0.15) is 0 Å². The third-order valence-electron chi connectivity index (χ3n) is 4.98. The van der Waals surface area contributed by atoms with Crippen LogP contribution in [0.1, 0.15) is 18.1 Å². The first-order chi connectivity index (χ1) is 12.9. The molecule has 0 fully saturated rings. The lowest BCUT2D eigenvalue weighted by Gasteiger charge is -2.29. The predicted octanol–water partition coefficient (Wildman–Crippen LogP) is 3.17. The molecule has 0 aliphatic carbocycles. The third kappa shape index (κ3) is 4.65. The number of fused-ring (bicyclic) bond motifs is 1. The number of amides is 3. The Morgan fingerprint density at radius 2 is 1.56 bits per heavy atom. The van der Waals surface area contributed by atoms with E-state index in [0.29, 0.717) is 24.5 Å². The second-order valence-electron chi connectivity index (χ2n) is 7.08. The Morgan fingerprint density at radius 1 is 0.963 bits per heavy atom. The fourth-order valence-corrected chi connectivity index (χ4v) is 2.99. The average Bonchev–Trinajstić information content (AvgIpc) is 2.68. The topological polar surface area (TPSA) is 64.7 Å². The molecule has 1 aliphatic heterocycles. The number of anilines is 2. The number of nitrogens with zero attached hydrogens (tertiary/aromatic N) is 2. The van der Waals surface area contributed by atoms with E-state index < -0.39 is 0 Å². The molecule has 0 spiro atoms. The minimum absolute atomic E-state index is 0.0660. The smallest absolute Gasteiger partial charge is 0.322 e. The maximum absolute atomic E-state index is 12.5. The van der Waals surface area contributed by atoms with E-state index in [4.69, 9.17) is 0 Å². The summed E-state index contributed by atoms with van der Waals surface area (Å²) in [6, 6.07) is 15.1. The van der Waals surface area contributed by atoms with Gasteiger partial charge in [-0.3, -0.25) is 9.69 Å². The summed E-state index contributed by atoms with van der Waals surface area (Å²) in [6.07, 6.45) is 0.874. The van der Waals surface area contributed by atoms with Gasteiger partial charge in [0.25, 0.3) is 0 Å². The number of carbonyl (C=O) groups is 2. The Bertz CT molecular complexity index is 817. The second-order valence-corrected chi connectivity index (χ2v) is 7.08. The molecule has 1 heterocycles. The van der Waals surface area contributed by atoms with E-state index in [1.807, 2.05) is 43.0 Å². The SMILES string of the molecule is CC(C(=O)Nc1ccc(NC(=O)N2CCc3ccccc3C2)cc1)N(C)C. The predicted molar refractivity (Wildman–Crippen MR) is 108 cm³/mol. The van der Waals surface area contributed by atoms with Crippen LogP contribution in [0.3, 0.4) is 0 Å². The van der Waals surface area contributed by atoms with Crippen LogP contribution in [0.5, 0.6) is 0 Å². The molecule has 3 rings (SSSR count). The lowest BCUT2D eigenvalue weighted by molar-refractivity contribution is -0.119. The maximum atomic E-state index is 12.5. The lowest BCUT2D eigenvalue weighted by atomic mass is 10.0. The molecule has 6 heteroatoms. The first-order valence-electron chi connectivity index (χ1n) is 9.14. The highest BCUT2D eigenvalue weighted by atomic mass is 16.2. The van der Waals surface area contributed by atoms with Gasteiger partial charge in [0.2, 0.25) is 5.91 Å². The Hall–Kier alpha value is -2.86. The molecule has 2 aromatic carbocycles. The van der Waals surface area contributed by atoms with E-state index in [1.54, 1.807) is 24.3 Å². The van der Waals surface area contributed by atoms with E-state index in [0.717, 1.165) is 6.42 Å². The number of carbonyl (C=O) groups excluding carboxylic acids is 2. The van der Waals surface area contributed by atoms with Gasteiger partial charge < -0.3 is 15.5 Å². The Morgan fingerprint density at radius 3 is 2.19 bits per heavy atom. The largest absolute Gasteiger partial charge is 0.325 e. The number of rotatable bonds is 4. The first-order valence-corrected chi connectivity index (χ1v) is 9.14. The molecule has 0 bridgehead atoms. The Labute approximate surface area is 160 Å². The molecule has 142 valence electrons. The minimum atomic E-state index is -0.216. The number of benzene rings is 2. The lowest BCUT2D eigenvalue weighted by Crippen LogP contribution is -2.38. The van der Waals surface area contributed by atoms with Crippen LogP contribution in [0, 0.1) is 0 Å². The van der Waals surface area contributed by atoms with Crippen LogP contribution in [0.4, 0.5) is 16.2 Å². The van der Waals surface area contributed by atoms with Gasteiger partial charge in [-0.1, -0.05) is 24.3 Å². The van der Waals surface area contributed by atoms with Crippen molar-refractivity contribution in [1.29, 1.82) is 0 Å². The summed E-state index contributed by atoms with van der Waals surface area (Å²) in [5.41, 5.74) is 3.93. The highest BCUT2D eigenvalue weighted by Crippen LogP contribution is 2.20. The van der Waals surface area contributed by atoms with Crippen LogP contribution in [-0.2, 0) is 17.8 Å². The quantitative estimate of drug-likeness (QED) is 0.874. The number of urea groups is 1. The van der Waals surface area contributed by atoms with Crippen molar-refractivity contribution in [2.45, 2.75) is 25.9 Å². The molecule has 1 aliphatic rings. The maximum Gasteiger partial charge on any atom is 0.322 e. The molecule has 6 nitrogen and oxygen atoms in total. The molecule has 27 heavy (non-hydrogen) atoms. The highest BCUT2D eigenvalue weighted by Gasteiger charge is 2.20. The summed E-state index contributed by atoms with van der Waals surface area (Å²) in [6.45, 7) is 3.18. The highest BCUT2D eigenvalue weighted by molar-refractivity contribution is 5.95. The van der Waals surface area contributed by atoms with Crippen LogP contribution in [-0.4, -0.2) is 48.4 Å². The zero-order valence-corrected chi connectivity index (χ0v) is 16.0. The van der Waals surface area contributed by atoms with Crippen molar-refractivity contribution in [2.75, 3.05) is 31.3 Å². The van der Waals surface area contributed by atoms with Crippen molar-refractivity contribution >= 4 is 23.3 Å². The van der Waals surface area contributed by atoms with Crippen molar-refractivity contribution in [1.82, 2.24) is 9.80 Å². The van der Waals surface area contributed by atoms with E-state index >= 15 is 0 Å². The third-order valence-corrected chi connectivity index (χ3v) is 4.98. The standard InChI is InChI=1S/C21H26N4O2/c1-15(24(2)3)20(26)22-18-8-10-19(11-9-18)23-21(27)25-13-12-16-6-4-5-7-17(16)14-25/h4-11,15H,12-14H2,1-3H3,(H,22,26)(H,23,27). The Balaban J connectivity index is 1.57. The minimum Gasteiger partial charge on any atom is -0.325 e. The monoisotopic (exact) mass is 366 g/mol. The number of hydrogen-bond donors (Lipinski definition) is 2. The molecule has 0 saturated carbocycles. The van der Waals surface area contributed by atoms with Gasteiger partial charge in [0.1, 0.15) is 0 Å². The van der Waals surface area contributed by atoms with Gasteiger partial charge in [0.05, 0.1) is 6.04 Å². The van der Waals surface area contributed by atoms with E-state index in [1.165, 1.54) is 11.1 Å². The summed E-state index contributed by atoms with van der Waals surface area (Å²) in [4.78, 5) is 28.3. The Kier molecular flexibility index (Phi) is 5.76. The molecular formula is C21H26N4O2. The zero-order chi connectivity index (χ0) is 19.4. The number of nitrogens with one attached hydrogen (secondary N) is 2. The van der Waals surface area contributed by atoms with Crippen LogP contribution in [0.15, 0.2) is 48.5 Å². The van der Waals surface area contributed by atoms with Gasteiger partial charge in [-0.25, -0.2) is 4.79 Å². The average molecular weight is 366 g/mol. The van der Waals surface area contributed by atoms with Crippen LogP contribution >= 0.6 is 0 Å². The van der Waals surface area contributed by atoms with Crippen molar-refractivity contribution < 1.29 is 9.59 Å². The molecule has 2 N–H and O–H groups in total. The molecule has 0 aromatic heterocycles. The fourth-order valence-electron chi connectivity index (χ4n) is 2.99. The van der Waals surface area contributed by atoms with Crippen LogP contribution in [0.2, 0.25) is 0 Å². The van der Waals surface area contributed by atoms with Gasteiger partial charge >= 0.3 is 6.03 Å². The van der Waals surface area contributed by atoms with E-state index in [-0.39, 0.29) is 18.0 Å². The van der Waals surface area contributed by atoms with E-state index in [9.17, 15) is 9.59 Å². The molecule has 0 saturated heterocycles. The first kappa shape index (κ1) is 18.9. The molecular weight excluding hydrogens is 340 g/mol.